The zero-order valence-corrected chi connectivity index (χ0v) is 28.3. The molecule has 2 heterocycles. The minimum absolute atomic E-state index is 0. The van der Waals surface area contributed by atoms with Gasteiger partial charge in [-0.05, 0) is 74.9 Å². The molecule has 0 aliphatic carbocycles. The SMILES string of the molecule is C.C=C=C=C=C.COC(=O)N1CCN(CCCc2cccc(N)c2F)CC1.COC(=O)N1CCN(CCCc2cccc([N+](=O)[O-])c2F)CC1. The first-order valence-electron chi connectivity index (χ1n) is 15.9. The number of nitro groups is 1. The first kappa shape index (κ1) is 43.1. The van der Waals surface area contributed by atoms with E-state index < -0.39 is 16.4 Å². The monoisotopic (exact) mass is 700 g/mol. The van der Waals surface area contributed by atoms with Gasteiger partial charge in [-0.15, -0.1) is 0 Å². The lowest BCUT2D eigenvalue weighted by Crippen LogP contribution is -2.48. The molecule has 0 atom stereocenters. The van der Waals surface area contributed by atoms with Crippen LogP contribution in [-0.2, 0) is 22.3 Å². The van der Waals surface area contributed by atoms with Crippen molar-refractivity contribution in [3.63, 3.8) is 0 Å². The minimum Gasteiger partial charge on any atom is -0.453 e. The van der Waals surface area contributed by atoms with E-state index in [0.29, 0.717) is 56.6 Å². The molecule has 12 nitrogen and oxygen atoms in total. The van der Waals surface area contributed by atoms with Crippen molar-refractivity contribution in [1.29, 1.82) is 0 Å². The Morgan fingerprint density at radius 2 is 1.22 bits per heavy atom. The third-order valence-corrected chi connectivity index (χ3v) is 7.99. The maximum atomic E-state index is 14.0. The molecule has 2 N–H and O–H groups in total. The molecule has 14 heteroatoms. The Hall–Kier alpha value is -4.96. The van der Waals surface area contributed by atoms with Gasteiger partial charge in [-0.2, -0.15) is 4.39 Å². The summed E-state index contributed by atoms with van der Waals surface area (Å²) in [4.78, 5) is 40.6. The van der Waals surface area contributed by atoms with Gasteiger partial charge >= 0.3 is 17.9 Å². The predicted molar refractivity (Wildman–Crippen MR) is 190 cm³/mol. The topological polar surface area (TPSA) is 135 Å². The number of ether oxygens (including phenoxy) is 2. The van der Waals surface area contributed by atoms with Crippen LogP contribution in [0.5, 0.6) is 0 Å². The van der Waals surface area contributed by atoms with Gasteiger partial charge in [0.15, 0.2) is 0 Å². The fourth-order valence-electron chi connectivity index (χ4n) is 5.31. The zero-order chi connectivity index (χ0) is 36.2. The third kappa shape index (κ3) is 14.3. The largest absolute Gasteiger partial charge is 0.453 e. The number of anilines is 1. The van der Waals surface area contributed by atoms with Crippen LogP contribution in [0.25, 0.3) is 0 Å². The first-order chi connectivity index (χ1) is 23.6. The van der Waals surface area contributed by atoms with Gasteiger partial charge in [0, 0.05) is 58.4 Å². The standard InChI is InChI=1S/C15H20FN3O4.C15H22FN3O2.C5H4.CH4/c1-23-15(20)18-10-8-17(9-11-18)7-3-5-12-4-2-6-13(14(12)16)19(21)22;1-21-15(20)19-10-8-18(9-11-19)7-3-5-12-4-2-6-13(17)14(12)16;1-3-5-4-2;/h2,4,6H,3,5,7-11H2,1H3;2,4,6H,3,5,7-11,17H2,1H3;1-2H2;1H4. The van der Waals surface area contributed by atoms with Gasteiger partial charge in [-0.25, -0.2) is 14.0 Å². The fraction of sp³-hybridized carbons (Fsp3) is 0.472. The molecule has 0 aromatic heterocycles. The van der Waals surface area contributed by atoms with Crippen LogP contribution in [-0.4, -0.2) is 116 Å². The third-order valence-electron chi connectivity index (χ3n) is 7.99. The van der Waals surface area contributed by atoms with Crippen molar-refractivity contribution in [1.82, 2.24) is 19.6 Å². The molecule has 2 fully saturated rings. The summed E-state index contributed by atoms with van der Waals surface area (Å²) in [5.74, 6) is -1.04. The van der Waals surface area contributed by atoms with Gasteiger partial charge in [-0.1, -0.05) is 43.2 Å². The van der Waals surface area contributed by atoms with Crippen LogP contribution in [0.1, 0.15) is 31.4 Å². The molecule has 2 saturated heterocycles. The van der Waals surface area contributed by atoms with Crippen molar-refractivity contribution < 1.29 is 32.8 Å². The van der Waals surface area contributed by atoms with Crippen molar-refractivity contribution in [2.45, 2.75) is 33.1 Å². The van der Waals surface area contributed by atoms with Crippen LogP contribution < -0.4 is 5.73 Å². The molecule has 2 aromatic rings. The number of aryl methyl sites for hydroxylation is 2. The Bertz CT molecular complexity index is 1480. The van der Waals surface area contributed by atoms with E-state index in [9.17, 15) is 28.5 Å². The van der Waals surface area contributed by atoms with Crippen molar-refractivity contribution in [2.75, 3.05) is 85.4 Å². The zero-order valence-electron chi connectivity index (χ0n) is 28.3. The van der Waals surface area contributed by atoms with E-state index in [2.05, 4.69) is 44.9 Å². The molecule has 274 valence electrons. The number of carbonyl (C=O) groups is 2. The number of carbonyl (C=O) groups excluding carboxylic acids is 2. The summed E-state index contributed by atoms with van der Waals surface area (Å²) < 4.78 is 37.1. The number of nitrogens with two attached hydrogens (primary N) is 1. The number of benzene rings is 2. The Labute approximate surface area is 293 Å². The van der Waals surface area contributed by atoms with Gasteiger partial charge in [-0.3, -0.25) is 19.9 Å². The van der Waals surface area contributed by atoms with E-state index in [1.54, 1.807) is 34.1 Å². The molecular weight excluding hydrogens is 650 g/mol. The van der Waals surface area contributed by atoms with Crippen LogP contribution >= 0.6 is 0 Å². The molecule has 50 heavy (non-hydrogen) atoms. The van der Waals surface area contributed by atoms with E-state index in [1.165, 1.54) is 26.4 Å². The Morgan fingerprint density at radius 1 is 0.800 bits per heavy atom. The van der Waals surface area contributed by atoms with E-state index in [1.807, 2.05) is 0 Å². The maximum Gasteiger partial charge on any atom is 0.409 e. The number of halogens is 2. The summed E-state index contributed by atoms with van der Waals surface area (Å²) >= 11 is 0. The average molecular weight is 701 g/mol. The Morgan fingerprint density at radius 3 is 1.60 bits per heavy atom. The highest BCUT2D eigenvalue weighted by molar-refractivity contribution is 5.67. The highest BCUT2D eigenvalue weighted by atomic mass is 19.1. The summed E-state index contributed by atoms with van der Waals surface area (Å²) in [7, 11) is 2.76. The van der Waals surface area contributed by atoms with E-state index >= 15 is 0 Å². The Kier molecular flexibility index (Phi) is 20.2. The Balaban J connectivity index is 0.000000434. The molecule has 0 unspecified atom stereocenters. The lowest BCUT2D eigenvalue weighted by atomic mass is 10.1. The first-order valence-corrected chi connectivity index (χ1v) is 15.9. The number of nitro benzene ring substituents is 1. The summed E-state index contributed by atoms with van der Waals surface area (Å²) in [5.41, 5.74) is 13.4. The maximum absolute atomic E-state index is 14.0. The van der Waals surface area contributed by atoms with Gasteiger partial charge in [0.05, 0.1) is 24.8 Å². The molecule has 0 radical (unpaired) electrons. The minimum atomic E-state index is -0.743. The van der Waals surface area contributed by atoms with Crippen LogP contribution in [0.3, 0.4) is 0 Å². The van der Waals surface area contributed by atoms with Crippen molar-refractivity contribution in [3.8, 4) is 0 Å². The molecule has 2 amide bonds. The lowest BCUT2D eigenvalue weighted by molar-refractivity contribution is -0.387. The van der Waals surface area contributed by atoms with Gasteiger partial charge in [0.2, 0.25) is 5.82 Å². The highest BCUT2D eigenvalue weighted by Gasteiger charge is 2.23. The average Bonchev–Trinajstić information content (AvgIpc) is 3.11. The van der Waals surface area contributed by atoms with Crippen molar-refractivity contribution in [3.05, 3.63) is 99.6 Å². The second kappa shape index (κ2) is 23.4. The molecule has 0 bridgehead atoms. The van der Waals surface area contributed by atoms with Gasteiger partial charge < -0.3 is 25.0 Å². The smallest absolute Gasteiger partial charge is 0.409 e. The number of hydrogen-bond acceptors (Lipinski definition) is 9. The quantitative estimate of drug-likeness (QED) is 0.152. The number of hydrogen-bond donors (Lipinski definition) is 1. The van der Waals surface area contributed by atoms with Crippen LogP contribution in [0, 0.1) is 21.7 Å². The molecular formula is C36H50F2N6O6. The summed E-state index contributed by atoms with van der Waals surface area (Å²) in [6.07, 6.45) is 2.12. The number of rotatable bonds is 9. The van der Waals surface area contributed by atoms with E-state index in [-0.39, 0.29) is 31.1 Å². The number of nitrogen functional groups attached to an aromatic ring is 1. The summed E-state index contributed by atoms with van der Waals surface area (Å²) in [5, 5.41) is 10.7. The highest BCUT2D eigenvalue weighted by Crippen LogP contribution is 2.21. The molecule has 0 spiro atoms. The lowest BCUT2D eigenvalue weighted by Gasteiger charge is -2.33. The summed E-state index contributed by atoms with van der Waals surface area (Å²) in [6.45, 7) is 13.8. The number of methoxy groups -OCH3 is 2. The van der Waals surface area contributed by atoms with E-state index in [0.717, 1.165) is 45.7 Å². The fourth-order valence-corrected chi connectivity index (χ4v) is 5.31. The van der Waals surface area contributed by atoms with E-state index in [4.69, 9.17) is 10.5 Å². The predicted octanol–water partition coefficient (Wildman–Crippen LogP) is 5.68. The second-order valence-corrected chi connectivity index (χ2v) is 11.1. The van der Waals surface area contributed by atoms with Crippen LogP contribution in [0.4, 0.5) is 29.7 Å². The number of amides is 2. The van der Waals surface area contributed by atoms with Crippen molar-refractivity contribution in [2.24, 2.45) is 0 Å². The molecule has 2 aromatic carbocycles. The number of piperazine rings is 2. The normalized spacial score (nSPS) is 14.2. The summed E-state index contributed by atoms with van der Waals surface area (Å²) in [6, 6.07) is 9.39. The molecule has 2 aliphatic rings. The van der Waals surface area contributed by atoms with Crippen LogP contribution in [0.15, 0.2) is 66.7 Å². The van der Waals surface area contributed by atoms with Gasteiger partial charge in [0.25, 0.3) is 0 Å². The second-order valence-electron chi connectivity index (χ2n) is 11.1. The van der Waals surface area contributed by atoms with Crippen molar-refractivity contribution >= 4 is 23.6 Å². The molecule has 4 rings (SSSR count). The van der Waals surface area contributed by atoms with Crippen LogP contribution in [0.2, 0.25) is 0 Å². The molecule has 2 aliphatic heterocycles. The number of nitrogens with zero attached hydrogens (tertiary/aromatic N) is 5. The molecule has 0 saturated carbocycles. The van der Waals surface area contributed by atoms with Gasteiger partial charge in [0.1, 0.15) is 5.82 Å².